The molecule has 1 heterocycles. The van der Waals surface area contributed by atoms with Crippen LogP contribution in [0.2, 0.25) is 0 Å². The van der Waals surface area contributed by atoms with Gasteiger partial charge in [0, 0.05) is 23.2 Å². The Morgan fingerprint density at radius 3 is 1.58 bits per heavy atom. The van der Waals surface area contributed by atoms with Gasteiger partial charge < -0.3 is 0 Å². The van der Waals surface area contributed by atoms with E-state index in [1.165, 1.54) is 54.2 Å². The second-order valence-corrected chi connectivity index (χ2v) is 11.1. The molecule has 0 spiro atoms. The lowest BCUT2D eigenvalue weighted by Gasteiger charge is -2.12. The number of fused-ring (bicyclic) bond motifs is 12. The summed E-state index contributed by atoms with van der Waals surface area (Å²) in [7, 11) is 0. The lowest BCUT2D eigenvalue weighted by Crippen LogP contribution is -1.89. The Morgan fingerprint density at radius 1 is 0.512 bits per heavy atom. The topological polar surface area (TPSA) is 25.8 Å². The smallest absolute Gasteiger partial charge is 0.0971 e. The molecule has 0 aliphatic rings. The van der Waals surface area contributed by atoms with Crippen LogP contribution in [0.3, 0.4) is 0 Å². The molecule has 0 saturated carbocycles. The maximum absolute atomic E-state index is 4.72. The van der Waals surface area contributed by atoms with Gasteiger partial charge in [0.15, 0.2) is 0 Å². The number of benzene rings is 7. The van der Waals surface area contributed by atoms with E-state index in [0.717, 1.165) is 32.9 Å². The maximum Gasteiger partial charge on any atom is 0.0971 e. The Labute approximate surface area is 250 Å². The molecule has 1 aromatic heterocycles. The molecule has 43 heavy (non-hydrogen) atoms. The molecule has 202 valence electrons. The van der Waals surface area contributed by atoms with E-state index in [0.29, 0.717) is 0 Å². The molecular weight excluding hydrogens is 520 g/mol. The molecule has 7 aromatic carbocycles. The monoisotopic (exact) mass is 548 g/mol. The quantitative estimate of drug-likeness (QED) is 0.161. The molecule has 0 unspecified atom stereocenters. The van der Waals surface area contributed by atoms with Gasteiger partial charge in [0.2, 0.25) is 0 Å². The minimum absolute atomic E-state index is 0.919. The zero-order chi connectivity index (χ0) is 28.9. The van der Waals surface area contributed by atoms with Crippen LogP contribution < -0.4 is 0 Å². The molecule has 2 nitrogen and oxygen atoms in total. The summed E-state index contributed by atoms with van der Waals surface area (Å²) in [5.41, 5.74) is 6.29. The lowest BCUT2D eigenvalue weighted by atomic mass is 9.92. The van der Waals surface area contributed by atoms with Crippen molar-refractivity contribution in [2.75, 3.05) is 0 Å². The number of nitrogens with zero attached hydrogens (tertiary/aromatic N) is 2. The maximum atomic E-state index is 4.72. The van der Waals surface area contributed by atoms with Crippen LogP contribution in [0, 0.1) is 0 Å². The highest BCUT2D eigenvalue weighted by atomic mass is 14.8. The largest absolute Gasteiger partial charge is 0.252 e. The molecule has 0 saturated heterocycles. The van der Waals surface area contributed by atoms with Crippen LogP contribution in [0.5, 0.6) is 0 Å². The highest BCUT2D eigenvalue weighted by Crippen LogP contribution is 2.37. The molecule has 8 aromatic rings. The third kappa shape index (κ3) is 4.11. The molecule has 0 aliphatic heterocycles. The van der Waals surface area contributed by atoms with E-state index in [2.05, 4.69) is 146 Å². The van der Waals surface area contributed by atoms with Crippen molar-refractivity contribution in [1.82, 2.24) is 9.97 Å². The van der Waals surface area contributed by atoms with Gasteiger partial charge in [-0.1, -0.05) is 122 Å². The van der Waals surface area contributed by atoms with Crippen molar-refractivity contribution in [3.8, 4) is 0 Å². The number of hydrogen-bond acceptors (Lipinski definition) is 2. The molecule has 0 fully saturated rings. The van der Waals surface area contributed by atoms with Gasteiger partial charge in [0.05, 0.1) is 11.0 Å². The van der Waals surface area contributed by atoms with Gasteiger partial charge in [-0.25, -0.2) is 0 Å². The second-order valence-electron chi connectivity index (χ2n) is 11.1. The Morgan fingerprint density at radius 2 is 0.953 bits per heavy atom. The summed E-state index contributed by atoms with van der Waals surface area (Å²) >= 11 is 0. The van der Waals surface area contributed by atoms with Gasteiger partial charge in [-0.05, 0) is 84.4 Å². The average molecular weight is 549 g/mol. The van der Waals surface area contributed by atoms with E-state index in [4.69, 9.17) is 4.98 Å². The Kier molecular flexibility index (Phi) is 5.87. The minimum atomic E-state index is 0.919. The number of aromatic nitrogens is 2. The zero-order valence-corrected chi connectivity index (χ0v) is 23.9. The Balaban J connectivity index is 1.15. The van der Waals surface area contributed by atoms with E-state index in [-0.39, 0.29) is 0 Å². The summed E-state index contributed by atoms with van der Waals surface area (Å²) in [5, 5.41) is 12.3. The van der Waals surface area contributed by atoms with Crippen molar-refractivity contribution in [2.45, 2.75) is 6.92 Å². The fourth-order valence-corrected chi connectivity index (χ4v) is 6.49. The number of hydrogen-bond donors (Lipinski definition) is 0. The van der Waals surface area contributed by atoms with Crippen molar-refractivity contribution in [3.63, 3.8) is 0 Å². The lowest BCUT2D eigenvalue weighted by molar-refractivity contribution is 1.31. The van der Waals surface area contributed by atoms with Crippen molar-refractivity contribution < 1.29 is 0 Å². The Bertz CT molecular complexity index is 2410. The summed E-state index contributed by atoms with van der Waals surface area (Å²) in [6.45, 7) is 6.57. The third-order valence-electron chi connectivity index (χ3n) is 8.66. The van der Waals surface area contributed by atoms with E-state index >= 15 is 0 Å². The van der Waals surface area contributed by atoms with Gasteiger partial charge in [0.25, 0.3) is 0 Å². The Hall–Kier alpha value is -5.60. The standard InChI is InChI=1S/C41H28N2/c1-26(28-18-20-35-32-14-4-3-12-30(32)31-13-5-6-16-34(31)38(35)24-28)10-9-11-27(2)29-19-21-36-33-15-7-8-17-37(33)40-41(39(36)25-29)43-23-22-42-40/h3-25H,2H2,1H3/b11-9-,26-10+. The van der Waals surface area contributed by atoms with Crippen LogP contribution in [-0.2, 0) is 0 Å². The predicted molar refractivity (Wildman–Crippen MR) is 185 cm³/mol. The van der Waals surface area contributed by atoms with Crippen LogP contribution in [0.15, 0.2) is 146 Å². The summed E-state index contributed by atoms with van der Waals surface area (Å²) in [6, 6.07) is 39.2. The molecule has 0 atom stereocenters. The van der Waals surface area contributed by atoms with Crippen LogP contribution >= 0.6 is 0 Å². The van der Waals surface area contributed by atoms with E-state index in [9.17, 15) is 0 Å². The first kappa shape index (κ1) is 25.1. The zero-order valence-electron chi connectivity index (χ0n) is 23.9. The first-order valence-corrected chi connectivity index (χ1v) is 14.6. The van der Waals surface area contributed by atoms with Crippen LogP contribution in [0.25, 0.3) is 76.0 Å². The number of rotatable bonds is 4. The molecule has 8 rings (SSSR count). The molecule has 0 bridgehead atoms. The van der Waals surface area contributed by atoms with Crippen LogP contribution in [-0.4, -0.2) is 9.97 Å². The molecule has 0 radical (unpaired) electrons. The molecule has 0 amide bonds. The minimum Gasteiger partial charge on any atom is -0.252 e. The fraction of sp³-hybridized carbons (Fsp3) is 0.0244. The van der Waals surface area contributed by atoms with E-state index in [1.807, 2.05) is 0 Å². The van der Waals surface area contributed by atoms with Crippen LogP contribution in [0.4, 0.5) is 0 Å². The van der Waals surface area contributed by atoms with Gasteiger partial charge in [0.1, 0.15) is 0 Å². The van der Waals surface area contributed by atoms with Crippen molar-refractivity contribution >= 4 is 76.0 Å². The van der Waals surface area contributed by atoms with Gasteiger partial charge >= 0.3 is 0 Å². The van der Waals surface area contributed by atoms with Crippen molar-refractivity contribution in [1.29, 1.82) is 0 Å². The highest BCUT2D eigenvalue weighted by molar-refractivity contribution is 6.26. The van der Waals surface area contributed by atoms with Gasteiger partial charge in [-0.3, -0.25) is 9.97 Å². The normalized spacial score (nSPS) is 12.4. The van der Waals surface area contributed by atoms with Crippen LogP contribution in [0.1, 0.15) is 18.1 Å². The average Bonchev–Trinajstić information content (AvgIpc) is 3.08. The first-order chi connectivity index (χ1) is 21.2. The summed E-state index contributed by atoms with van der Waals surface area (Å²) in [4.78, 5) is 9.39. The fourth-order valence-electron chi connectivity index (χ4n) is 6.49. The molecular formula is C41H28N2. The summed E-state index contributed by atoms with van der Waals surface area (Å²) in [6.07, 6.45) is 9.89. The van der Waals surface area contributed by atoms with E-state index < -0.39 is 0 Å². The van der Waals surface area contributed by atoms with Gasteiger partial charge in [-0.2, -0.15) is 0 Å². The van der Waals surface area contributed by atoms with E-state index in [1.54, 1.807) is 12.4 Å². The first-order valence-electron chi connectivity index (χ1n) is 14.6. The van der Waals surface area contributed by atoms with Crippen molar-refractivity contribution in [2.24, 2.45) is 0 Å². The van der Waals surface area contributed by atoms with Crippen molar-refractivity contribution in [3.05, 3.63) is 158 Å². The third-order valence-corrected chi connectivity index (χ3v) is 8.66. The molecule has 0 N–H and O–H groups in total. The predicted octanol–water partition coefficient (Wildman–Crippen LogP) is 11.1. The van der Waals surface area contributed by atoms with Gasteiger partial charge in [-0.15, -0.1) is 0 Å². The SMILES string of the molecule is C=C(/C=C\C=C(/C)c1ccc2c3ccccc3c3ccccc3c2c1)c1ccc2c3ccccc3c3nccnc3c2c1. The molecule has 2 heteroatoms. The highest BCUT2D eigenvalue weighted by Gasteiger charge is 2.12. The summed E-state index contributed by atoms with van der Waals surface area (Å²) < 4.78 is 0. The summed E-state index contributed by atoms with van der Waals surface area (Å²) in [5.74, 6) is 0. The second kappa shape index (κ2) is 10.0. The number of allylic oxidation sites excluding steroid dienone is 5. The molecule has 0 aliphatic carbocycles.